The lowest BCUT2D eigenvalue weighted by molar-refractivity contribution is 0.0702. The maximum Gasteiger partial charge on any atom is 0.345 e. The Morgan fingerprint density at radius 3 is 2.44 bits per heavy atom. The van der Waals surface area contributed by atoms with Crippen LogP contribution in [0, 0.1) is 0 Å². The van der Waals surface area contributed by atoms with Crippen LogP contribution in [0.3, 0.4) is 0 Å². The van der Waals surface area contributed by atoms with Crippen molar-refractivity contribution in [3.8, 4) is 0 Å². The van der Waals surface area contributed by atoms with E-state index in [2.05, 4.69) is 19.1 Å². The van der Waals surface area contributed by atoms with Gasteiger partial charge in [-0.3, -0.25) is 0 Å². The Morgan fingerprint density at radius 1 is 1.11 bits per heavy atom. The highest BCUT2D eigenvalue weighted by molar-refractivity contribution is 8.00. The molecule has 1 aromatic carbocycles. The van der Waals surface area contributed by atoms with Gasteiger partial charge in [-0.1, -0.05) is 44.7 Å². The Balaban J connectivity index is 0.00000364. The summed E-state index contributed by atoms with van der Waals surface area (Å²) in [6.07, 6.45) is 9.45. The normalized spacial score (nSPS) is 11.7. The van der Waals surface area contributed by atoms with E-state index in [1.54, 1.807) is 6.07 Å². The van der Waals surface area contributed by atoms with Crippen LogP contribution >= 0.6 is 23.1 Å². The van der Waals surface area contributed by atoms with Crippen LogP contribution in [0.5, 0.6) is 0 Å². The Morgan fingerprint density at radius 2 is 1.81 bits per heavy atom. The number of benzene rings is 1. The summed E-state index contributed by atoms with van der Waals surface area (Å²) in [6.45, 7) is 2.24. The smallest absolute Gasteiger partial charge is 0.345 e. The number of nitrogens with two attached hydrogens (primary N) is 1. The first-order chi connectivity index (χ1) is 12.6. The molecule has 2 aromatic rings. The number of para-hydroxylation sites is 1. The summed E-state index contributed by atoms with van der Waals surface area (Å²) in [5.41, 5.74) is 6.99. The number of carboxylic acid groups (broad SMARTS) is 1. The zero-order valence-electron chi connectivity index (χ0n) is 15.9. The molecule has 0 aliphatic rings. The number of unbranched alkanes of at least 4 members (excludes halogenated alkanes) is 3. The van der Waals surface area contributed by atoms with Gasteiger partial charge in [0.2, 0.25) is 0 Å². The molecule has 0 bridgehead atoms. The van der Waals surface area contributed by atoms with E-state index in [9.17, 15) is 4.79 Å². The van der Waals surface area contributed by atoms with Gasteiger partial charge in [-0.05, 0) is 49.9 Å². The SMILES string of the molecule is CCCCCC(CCCCc1ccc(C(=O)O)s1)Sc1ccccc1N.O. The van der Waals surface area contributed by atoms with Gasteiger partial charge in [0.1, 0.15) is 4.88 Å². The van der Waals surface area contributed by atoms with Crippen molar-refractivity contribution in [3.63, 3.8) is 0 Å². The summed E-state index contributed by atoms with van der Waals surface area (Å²) in [7, 11) is 0. The van der Waals surface area contributed by atoms with E-state index in [1.807, 2.05) is 30.0 Å². The van der Waals surface area contributed by atoms with Crippen LogP contribution < -0.4 is 5.73 Å². The van der Waals surface area contributed by atoms with Crippen molar-refractivity contribution in [2.24, 2.45) is 0 Å². The van der Waals surface area contributed by atoms with Crippen LogP contribution in [0.4, 0.5) is 5.69 Å². The van der Waals surface area contributed by atoms with Gasteiger partial charge >= 0.3 is 5.97 Å². The predicted octanol–water partition coefficient (Wildman–Crippen LogP) is 5.66. The molecule has 1 unspecified atom stereocenters. The first kappa shape index (κ1) is 23.5. The maximum absolute atomic E-state index is 11.0. The molecule has 1 aromatic heterocycles. The number of aromatic carboxylic acids is 1. The standard InChI is InChI=1S/C21H29NO2S2.H2O/c1-2-3-4-9-16(25-19-13-8-7-12-18(19)22)10-5-6-11-17-14-15-20(26-17)21(23)24;/h7-8,12-16H,2-6,9-11,22H2,1H3,(H,23,24);1H2. The lowest BCUT2D eigenvalue weighted by atomic mass is 10.1. The third-order valence-electron chi connectivity index (χ3n) is 4.41. The highest BCUT2D eigenvalue weighted by Gasteiger charge is 2.12. The van der Waals surface area contributed by atoms with Crippen molar-refractivity contribution in [1.29, 1.82) is 0 Å². The molecule has 2 rings (SSSR count). The number of thiophene rings is 1. The molecule has 0 aliphatic heterocycles. The monoisotopic (exact) mass is 409 g/mol. The van der Waals surface area contributed by atoms with Gasteiger partial charge in [-0.25, -0.2) is 4.79 Å². The summed E-state index contributed by atoms with van der Waals surface area (Å²) in [5.74, 6) is -0.825. The van der Waals surface area contributed by atoms with E-state index < -0.39 is 5.97 Å². The van der Waals surface area contributed by atoms with Gasteiger partial charge in [0.15, 0.2) is 0 Å². The quantitative estimate of drug-likeness (QED) is 0.269. The highest BCUT2D eigenvalue weighted by Crippen LogP contribution is 2.34. The van der Waals surface area contributed by atoms with Gasteiger partial charge in [0.05, 0.1) is 0 Å². The summed E-state index contributed by atoms with van der Waals surface area (Å²) in [4.78, 5) is 13.8. The van der Waals surface area contributed by atoms with Crippen molar-refractivity contribution < 1.29 is 15.4 Å². The van der Waals surface area contributed by atoms with Crippen molar-refractivity contribution in [2.75, 3.05) is 5.73 Å². The first-order valence-corrected chi connectivity index (χ1v) is 11.1. The third kappa shape index (κ3) is 8.37. The van der Waals surface area contributed by atoms with Crippen LogP contribution in [0.25, 0.3) is 0 Å². The molecule has 27 heavy (non-hydrogen) atoms. The minimum atomic E-state index is -0.825. The Kier molecular flexibility index (Phi) is 11.2. The Hall–Kier alpha value is -1.50. The van der Waals surface area contributed by atoms with Crippen molar-refractivity contribution in [3.05, 3.63) is 46.2 Å². The number of aryl methyl sites for hydroxylation is 1. The molecule has 4 nitrogen and oxygen atoms in total. The second kappa shape index (κ2) is 12.8. The molecule has 0 spiro atoms. The molecule has 0 fully saturated rings. The lowest BCUT2D eigenvalue weighted by Crippen LogP contribution is -2.04. The van der Waals surface area contributed by atoms with Crippen LogP contribution in [-0.4, -0.2) is 21.8 Å². The minimum absolute atomic E-state index is 0. The molecule has 0 saturated heterocycles. The van der Waals surface area contributed by atoms with Gasteiger partial charge in [0, 0.05) is 20.7 Å². The Labute approximate surface area is 170 Å². The van der Waals surface area contributed by atoms with E-state index in [4.69, 9.17) is 10.8 Å². The average molecular weight is 410 g/mol. The summed E-state index contributed by atoms with van der Waals surface area (Å²) >= 11 is 3.32. The van der Waals surface area contributed by atoms with Gasteiger partial charge in [0.25, 0.3) is 0 Å². The van der Waals surface area contributed by atoms with E-state index >= 15 is 0 Å². The minimum Gasteiger partial charge on any atom is -0.477 e. The molecule has 0 saturated carbocycles. The largest absolute Gasteiger partial charge is 0.477 e. The van der Waals surface area contributed by atoms with E-state index in [-0.39, 0.29) is 5.48 Å². The number of anilines is 1. The number of hydrogen-bond donors (Lipinski definition) is 2. The van der Waals surface area contributed by atoms with E-state index in [0.717, 1.165) is 24.9 Å². The Bertz CT molecular complexity index is 688. The number of carbonyl (C=O) groups is 1. The van der Waals surface area contributed by atoms with Gasteiger partial charge in [-0.15, -0.1) is 23.1 Å². The maximum atomic E-state index is 11.0. The number of thioether (sulfide) groups is 1. The van der Waals surface area contributed by atoms with Crippen LogP contribution in [-0.2, 0) is 6.42 Å². The number of carboxylic acids is 1. The number of rotatable bonds is 12. The van der Waals surface area contributed by atoms with Crippen molar-refractivity contribution in [1.82, 2.24) is 0 Å². The molecule has 150 valence electrons. The molecule has 0 amide bonds. The van der Waals surface area contributed by atoms with E-state index in [1.165, 1.54) is 53.2 Å². The fourth-order valence-electron chi connectivity index (χ4n) is 2.95. The highest BCUT2D eigenvalue weighted by atomic mass is 32.2. The average Bonchev–Trinajstić information content (AvgIpc) is 3.10. The van der Waals surface area contributed by atoms with Crippen molar-refractivity contribution >= 4 is 34.8 Å². The van der Waals surface area contributed by atoms with Crippen molar-refractivity contribution in [2.45, 2.75) is 68.4 Å². The fraction of sp³-hybridized carbons (Fsp3) is 0.476. The third-order valence-corrected chi connectivity index (χ3v) is 6.98. The molecule has 5 N–H and O–H groups in total. The molecule has 1 heterocycles. The zero-order chi connectivity index (χ0) is 18.8. The summed E-state index contributed by atoms with van der Waals surface area (Å²) in [5, 5.41) is 9.61. The second-order valence-corrected chi connectivity index (χ2v) is 9.10. The molecule has 0 aliphatic carbocycles. The van der Waals surface area contributed by atoms with Crippen LogP contribution in [0.15, 0.2) is 41.3 Å². The zero-order valence-corrected chi connectivity index (χ0v) is 17.6. The second-order valence-electron chi connectivity index (χ2n) is 6.59. The lowest BCUT2D eigenvalue weighted by Gasteiger charge is -2.17. The van der Waals surface area contributed by atoms with Gasteiger partial charge in [-0.2, -0.15) is 0 Å². The summed E-state index contributed by atoms with van der Waals surface area (Å²) in [6, 6.07) is 11.8. The predicted molar refractivity (Wildman–Crippen MR) is 117 cm³/mol. The van der Waals surface area contributed by atoms with Gasteiger partial charge < -0.3 is 16.3 Å². The molecule has 1 atom stereocenters. The molecule has 6 heteroatoms. The molecular formula is C21H31NO3S2. The molecular weight excluding hydrogens is 378 g/mol. The molecule has 0 radical (unpaired) electrons. The number of hydrogen-bond acceptors (Lipinski definition) is 4. The summed E-state index contributed by atoms with van der Waals surface area (Å²) < 4.78 is 0. The fourth-order valence-corrected chi connectivity index (χ4v) is 5.13. The number of nitrogen functional groups attached to an aromatic ring is 1. The van der Waals surface area contributed by atoms with E-state index in [0.29, 0.717) is 10.1 Å². The van der Waals surface area contributed by atoms with Crippen LogP contribution in [0.2, 0.25) is 0 Å². The van der Waals surface area contributed by atoms with Crippen LogP contribution in [0.1, 0.15) is 66.4 Å². The first-order valence-electron chi connectivity index (χ1n) is 9.43. The topological polar surface area (TPSA) is 94.8 Å².